The molecule has 0 saturated heterocycles. The third-order valence-corrected chi connectivity index (χ3v) is 5.77. The average molecular weight is 513 g/mol. The summed E-state index contributed by atoms with van der Waals surface area (Å²) in [7, 11) is -2.89. The van der Waals surface area contributed by atoms with E-state index in [1.165, 1.54) is 0 Å². The fraction of sp³-hybridized carbons (Fsp3) is 0.429. The minimum atomic E-state index is -3.39. The van der Waals surface area contributed by atoms with Gasteiger partial charge in [0.25, 0.3) is 15.9 Å². The summed E-state index contributed by atoms with van der Waals surface area (Å²) < 4.78 is 31.8. The van der Waals surface area contributed by atoms with E-state index in [0.717, 1.165) is 18.4 Å². The lowest BCUT2D eigenvalue weighted by atomic mass is 10.2. The van der Waals surface area contributed by atoms with Crippen LogP contribution in [-0.2, 0) is 28.1 Å². The Bertz CT molecular complexity index is 1030. The molecule has 0 aliphatic carbocycles. The van der Waals surface area contributed by atoms with E-state index < -0.39 is 72.0 Å². The van der Waals surface area contributed by atoms with Gasteiger partial charge in [-0.25, -0.2) is 13.2 Å². The number of nitrogens with zero attached hydrogens (tertiary/aromatic N) is 3. The van der Waals surface area contributed by atoms with Crippen molar-refractivity contribution in [3.05, 3.63) is 54.1 Å². The predicted octanol–water partition coefficient (Wildman–Crippen LogP) is 0.525. The summed E-state index contributed by atoms with van der Waals surface area (Å²) in [6.45, 7) is -1.37. The normalized spacial score (nSPS) is 11.7. The number of benzene rings is 1. The lowest BCUT2D eigenvalue weighted by Crippen LogP contribution is -2.29. The lowest BCUT2D eigenvalue weighted by molar-refractivity contribution is -0.789. The van der Waals surface area contributed by atoms with Gasteiger partial charge in [0.1, 0.15) is 24.9 Å². The minimum absolute atomic E-state index is 0.122. The van der Waals surface area contributed by atoms with Crippen LogP contribution in [0.15, 0.2) is 18.2 Å². The predicted molar refractivity (Wildman–Crippen MR) is 106 cm³/mol. The molecule has 1 unspecified atom stereocenters. The molecule has 0 saturated carbocycles. The molecule has 0 heterocycles. The molecule has 1 atom stereocenters. The Morgan fingerprint density at radius 2 is 1.79 bits per heavy atom. The molecule has 0 fully saturated rings. The van der Waals surface area contributed by atoms with E-state index in [1.807, 2.05) is 0 Å². The van der Waals surface area contributed by atoms with E-state index in [4.69, 9.17) is 9.47 Å². The number of hydrogen-bond donors (Lipinski definition) is 0. The van der Waals surface area contributed by atoms with Crippen molar-refractivity contribution in [1.82, 2.24) is 0 Å². The van der Waals surface area contributed by atoms with Crippen LogP contribution in [0.25, 0.3) is 0 Å². The van der Waals surface area contributed by atoms with Crippen LogP contribution in [0.4, 0.5) is 5.69 Å². The molecule has 0 aromatic heterocycles. The second-order valence-electron chi connectivity index (χ2n) is 5.75. The highest BCUT2D eigenvalue weighted by Gasteiger charge is 2.25. The molecule has 182 valence electrons. The summed E-state index contributed by atoms with van der Waals surface area (Å²) in [6, 6.07) is 2.52. The number of nitro groups is 1. The number of carbonyl (C=O) groups is 2. The van der Waals surface area contributed by atoms with Crippen molar-refractivity contribution in [3.8, 4) is 5.75 Å². The van der Waals surface area contributed by atoms with Crippen LogP contribution in [0, 0.1) is 30.3 Å². The lowest BCUT2D eigenvalue weighted by Gasteiger charge is -2.14. The van der Waals surface area contributed by atoms with Gasteiger partial charge in [0.05, 0.1) is 17.4 Å². The number of esters is 2. The topological polar surface area (TPSA) is 235 Å². The van der Waals surface area contributed by atoms with Crippen LogP contribution in [0.5, 0.6) is 5.75 Å². The van der Waals surface area contributed by atoms with E-state index in [2.05, 4.69) is 9.68 Å². The van der Waals surface area contributed by atoms with Crippen LogP contribution in [0.1, 0.15) is 16.8 Å². The van der Waals surface area contributed by atoms with Gasteiger partial charge in [-0.05, 0) is 16.9 Å². The Morgan fingerprint density at radius 3 is 2.33 bits per heavy atom. The zero-order valence-corrected chi connectivity index (χ0v) is 18.1. The molecule has 1 rings (SSSR count). The number of ether oxygens (including phenoxy) is 2. The van der Waals surface area contributed by atoms with Gasteiger partial charge >= 0.3 is 11.9 Å². The maximum Gasteiger partial charge on any atom is 0.341 e. The molecule has 1 aromatic carbocycles. The number of carbonyl (C=O) groups excluding carboxylic acids is 2. The molecule has 0 bridgehead atoms. The standard InChI is InChI=1S/C14H15N3O14S2/c1-33(26,27)32-5-4-28-14(19)11-3-2-9(15(20)21)6-12(11)30-13(18)7-10(31-17(24)25)8-29-16(22)23/h2-3,6,10H,4-5,7-8H2,1H3. The van der Waals surface area contributed by atoms with E-state index in [1.54, 1.807) is 0 Å². The molecule has 0 N–H and O–H groups in total. The molecule has 1 aromatic rings. The van der Waals surface area contributed by atoms with E-state index in [-0.39, 0.29) is 12.4 Å². The highest BCUT2D eigenvalue weighted by atomic mass is 33.1. The molecule has 0 spiro atoms. The summed E-state index contributed by atoms with van der Waals surface area (Å²) in [4.78, 5) is 63.2. The third-order valence-electron chi connectivity index (χ3n) is 3.23. The van der Waals surface area contributed by atoms with Crippen molar-refractivity contribution in [2.24, 2.45) is 0 Å². The molecule has 0 aliphatic heterocycles. The Balaban J connectivity index is 2.98. The zero-order valence-electron chi connectivity index (χ0n) is 16.5. The van der Waals surface area contributed by atoms with Gasteiger partial charge in [-0.15, -0.1) is 20.2 Å². The molecular weight excluding hydrogens is 498 g/mol. The van der Waals surface area contributed by atoms with Crippen LogP contribution in [-0.4, -0.2) is 66.8 Å². The molecule has 17 nitrogen and oxygen atoms in total. The van der Waals surface area contributed by atoms with Gasteiger partial charge in [-0.1, -0.05) is 0 Å². The van der Waals surface area contributed by atoms with Crippen molar-refractivity contribution in [1.29, 1.82) is 0 Å². The first-order chi connectivity index (χ1) is 15.3. The maximum atomic E-state index is 12.2. The quantitative estimate of drug-likeness (QED) is 0.0823. The zero-order chi connectivity index (χ0) is 25.2. The third kappa shape index (κ3) is 10.9. The van der Waals surface area contributed by atoms with Gasteiger partial charge in [-0.2, -0.15) is 0 Å². The Labute approximate surface area is 187 Å². The number of rotatable bonds is 14. The largest absolute Gasteiger partial charge is 0.461 e. The average Bonchev–Trinajstić information content (AvgIpc) is 2.67. The second-order valence-corrected chi connectivity index (χ2v) is 10.3. The number of non-ortho nitro benzene ring substituents is 1. The number of nitro benzene ring substituents is 1. The molecular formula is C14H15N3O14S2. The fourth-order valence-corrected chi connectivity index (χ4v) is 3.58. The summed E-state index contributed by atoms with van der Waals surface area (Å²) >= 11 is 0. The first-order valence-electron chi connectivity index (χ1n) is 8.37. The van der Waals surface area contributed by atoms with Crippen LogP contribution < -0.4 is 4.74 Å². The van der Waals surface area contributed by atoms with Gasteiger partial charge in [0, 0.05) is 18.1 Å². The van der Waals surface area contributed by atoms with Crippen molar-refractivity contribution in [2.45, 2.75) is 12.5 Å². The first kappa shape index (κ1) is 27.3. The Kier molecular flexibility index (Phi) is 10.2. The van der Waals surface area contributed by atoms with Gasteiger partial charge in [-0.3, -0.25) is 14.9 Å². The highest BCUT2D eigenvalue weighted by Crippen LogP contribution is 2.26. The summed E-state index contributed by atoms with van der Waals surface area (Å²) in [5.41, 5.74) is -1.04. The maximum absolute atomic E-state index is 12.2. The van der Waals surface area contributed by atoms with E-state index in [9.17, 15) is 48.3 Å². The van der Waals surface area contributed by atoms with Crippen LogP contribution in [0.2, 0.25) is 0 Å². The van der Waals surface area contributed by atoms with Crippen LogP contribution in [0.3, 0.4) is 0 Å². The van der Waals surface area contributed by atoms with Gasteiger partial charge in [0.15, 0.2) is 14.6 Å². The van der Waals surface area contributed by atoms with Gasteiger partial charge < -0.3 is 19.1 Å². The monoisotopic (exact) mass is 513 g/mol. The fourth-order valence-electron chi connectivity index (χ4n) is 2.02. The summed E-state index contributed by atoms with van der Waals surface area (Å²) in [5, 5.41) is 29.1. The minimum Gasteiger partial charge on any atom is -0.461 e. The molecule has 0 radical (unpaired) electrons. The molecule has 0 aliphatic rings. The SMILES string of the molecule is CS(=O)(=O)SCCOC(=O)c1ccc([N+](=O)[O-])cc1OC(=O)CC(CO[N+](=O)[O-])O[N+](=O)[O-]. The Hall–Kier alpha value is -3.74. The molecule has 33 heavy (non-hydrogen) atoms. The smallest absolute Gasteiger partial charge is 0.341 e. The highest BCUT2D eigenvalue weighted by molar-refractivity contribution is 8.71. The first-order valence-corrected chi connectivity index (χ1v) is 11.8. The van der Waals surface area contributed by atoms with E-state index >= 15 is 0 Å². The van der Waals surface area contributed by atoms with Gasteiger partial charge in [0.2, 0.25) is 0 Å². The number of hydrogen-bond acceptors (Lipinski definition) is 15. The van der Waals surface area contributed by atoms with E-state index in [0.29, 0.717) is 16.9 Å². The molecule has 19 heteroatoms. The van der Waals surface area contributed by atoms with Crippen molar-refractivity contribution >= 4 is 37.3 Å². The van der Waals surface area contributed by atoms with Crippen molar-refractivity contribution in [2.75, 3.05) is 25.2 Å². The second kappa shape index (κ2) is 12.3. The summed E-state index contributed by atoms with van der Waals surface area (Å²) in [5.74, 6) is -3.19. The van der Waals surface area contributed by atoms with Crippen LogP contribution >= 0.6 is 10.8 Å². The Morgan fingerprint density at radius 1 is 1.12 bits per heavy atom. The summed E-state index contributed by atoms with van der Waals surface area (Å²) in [6.07, 6.45) is -1.78. The molecule has 0 amide bonds. The van der Waals surface area contributed by atoms with Crippen molar-refractivity contribution in [3.63, 3.8) is 0 Å². The van der Waals surface area contributed by atoms with Crippen molar-refractivity contribution < 1.29 is 52.3 Å².